The molecule has 2 fully saturated rings. The molecule has 8 heteroatoms. The van der Waals surface area contributed by atoms with Gasteiger partial charge in [0.25, 0.3) is 5.91 Å². The fraction of sp³-hybridized carbons (Fsp3) is 0.696. The Morgan fingerprint density at radius 2 is 1.87 bits per heavy atom. The third-order valence-electron chi connectivity index (χ3n) is 5.31. The number of hydrogen-bond donors (Lipinski definition) is 3. The number of halogens is 1. The lowest BCUT2D eigenvalue weighted by molar-refractivity contribution is -0.161. The molecule has 31 heavy (non-hydrogen) atoms. The van der Waals surface area contributed by atoms with Crippen molar-refractivity contribution in [2.45, 2.75) is 77.1 Å². The van der Waals surface area contributed by atoms with Gasteiger partial charge in [0.1, 0.15) is 5.75 Å². The number of likely N-dealkylation sites (tertiary alicyclic amines) is 1. The molecule has 3 N–H and O–H groups in total. The first-order valence-electron chi connectivity index (χ1n) is 10.8. The van der Waals surface area contributed by atoms with Gasteiger partial charge in [0.15, 0.2) is 11.9 Å². The molecule has 0 bridgehead atoms. The minimum Gasteiger partial charge on any atom is -0.508 e. The highest BCUT2D eigenvalue weighted by molar-refractivity contribution is 7.81. The van der Waals surface area contributed by atoms with E-state index in [1.807, 2.05) is 31.7 Å². The average Bonchev–Trinajstić information content (AvgIpc) is 3.02. The van der Waals surface area contributed by atoms with Gasteiger partial charge >= 0.3 is 0 Å². The largest absolute Gasteiger partial charge is 0.508 e. The second-order valence-corrected chi connectivity index (χ2v) is 11.6. The van der Waals surface area contributed by atoms with Gasteiger partial charge < -0.3 is 25.2 Å². The molecular weight excluding hydrogens is 436 g/mol. The molecule has 1 aromatic rings. The summed E-state index contributed by atoms with van der Waals surface area (Å²) in [6, 6.07) is 3.11. The maximum Gasteiger partial charge on any atom is 0.254 e. The Kier molecular flexibility index (Phi) is 8.73. The minimum absolute atomic E-state index is 0.0206. The van der Waals surface area contributed by atoms with Crippen LogP contribution < -0.4 is 5.73 Å². The number of carbonyl (C=O) groups is 1. The molecule has 2 atom stereocenters. The van der Waals surface area contributed by atoms with Gasteiger partial charge in [-0.1, -0.05) is 32.4 Å². The molecule has 0 saturated carbocycles. The van der Waals surface area contributed by atoms with E-state index in [0.29, 0.717) is 30.3 Å². The lowest BCUT2D eigenvalue weighted by Crippen LogP contribution is -2.46. The van der Waals surface area contributed by atoms with Gasteiger partial charge in [-0.2, -0.15) is 12.6 Å². The average molecular weight is 473 g/mol. The van der Waals surface area contributed by atoms with E-state index in [1.165, 1.54) is 0 Å². The molecule has 1 aromatic carbocycles. The minimum atomic E-state index is -0.703. The Morgan fingerprint density at radius 1 is 1.32 bits per heavy atom. The number of amides is 1. The SMILES string of the molecule is CC(C)(C)S.Cc1cc(C(N)C2CCN(C(=O)C3COC(C)(C)O3)CC2)c(O)cc1Cl. The van der Waals surface area contributed by atoms with Crippen LogP contribution in [-0.2, 0) is 14.3 Å². The highest BCUT2D eigenvalue weighted by atomic mass is 35.5. The van der Waals surface area contributed by atoms with Crippen LogP contribution in [0.25, 0.3) is 0 Å². The predicted octanol–water partition coefficient (Wildman–Crippen LogP) is 4.46. The first-order chi connectivity index (χ1) is 14.2. The first-order valence-corrected chi connectivity index (χ1v) is 11.6. The molecule has 2 aliphatic rings. The molecule has 0 aromatic heterocycles. The number of ether oxygens (including phenoxy) is 2. The van der Waals surface area contributed by atoms with Crippen molar-refractivity contribution in [1.82, 2.24) is 4.90 Å². The number of aryl methyl sites for hydroxylation is 1. The summed E-state index contributed by atoms with van der Waals surface area (Å²) in [5, 5.41) is 10.7. The number of carbonyl (C=O) groups excluding carboxylic acids is 1. The number of benzene rings is 1. The van der Waals surface area contributed by atoms with E-state index in [4.69, 9.17) is 26.8 Å². The Balaban J connectivity index is 0.000000614. The molecule has 0 spiro atoms. The molecule has 0 radical (unpaired) electrons. The van der Waals surface area contributed by atoms with Gasteiger partial charge in [-0.05, 0) is 57.2 Å². The van der Waals surface area contributed by atoms with Crippen LogP contribution in [0.5, 0.6) is 5.75 Å². The molecule has 6 nitrogen and oxygen atoms in total. The quantitative estimate of drug-likeness (QED) is 0.565. The zero-order valence-corrected chi connectivity index (χ0v) is 21.1. The maximum atomic E-state index is 12.6. The number of phenolic OH excluding ortho intramolecular Hbond substituents is 1. The van der Waals surface area contributed by atoms with Crippen LogP contribution in [0.15, 0.2) is 12.1 Å². The molecular formula is C23H37ClN2O4S. The van der Waals surface area contributed by atoms with Gasteiger partial charge in [-0.3, -0.25) is 4.79 Å². The third-order valence-corrected chi connectivity index (χ3v) is 5.72. The third kappa shape index (κ3) is 7.82. The molecule has 2 unspecified atom stereocenters. The maximum absolute atomic E-state index is 12.6. The van der Waals surface area contributed by atoms with Crippen LogP contribution in [-0.4, -0.2) is 52.2 Å². The molecule has 0 aliphatic carbocycles. The number of nitrogens with two attached hydrogens (primary N) is 1. The van der Waals surface area contributed by atoms with E-state index in [-0.39, 0.29) is 28.4 Å². The van der Waals surface area contributed by atoms with E-state index in [1.54, 1.807) is 6.07 Å². The van der Waals surface area contributed by atoms with Gasteiger partial charge in [-0.15, -0.1) is 0 Å². The summed E-state index contributed by atoms with van der Waals surface area (Å²) < 4.78 is 11.3. The Hall–Kier alpha value is -0.990. The lowest BCUT2D eigenvalue weighted by atomic mass is 9.85. The van der Waals surface area contributed by atoms with Crippen molar-refractivity contribution in [2.24, 2.45) is 11.7 Å². The molecule has 2 aliphatic heterocycles. The Bertz CT molecular complexity index is 768. The zero-order valence-electron chi connectivity index (χ0n) is 19.4. The van der Waals surface area contributed by atoms with E-state index in [0.717, 1.165) is 18.4 Å². The number of nitrogens with zero attached hydrogens (tertiary/aromatic N) is 1. The summed E-state index contributed by atoms with van der Waals surface area (Å²) in [7, 11) is 0. The topological polar surface area (TPSA) is 85.0 Å². The highest BCUT2D eigenvalue weighted by Gasteiger charge is 2.40. The van der Waals surface area contributed by atoms with Crippen molar-refractivity contribution in [2.75, 3.05) is 19.7 Å². The number of rotatable bonds is 3. The lowest BCUT2D eigenvalue weighted by Gasteiger charge is -2.36. The van der Waals surface area contributed by atoms with E-state index >= 15 is 0 Å². The van der Waals surface area contributed by atoms with Gasteiger partial charge in [0, 0.05) is 34.5 Å². The monoisotopic (exact) mass is 472 g/mol. The van der Waals surface area contributed by atoms with Crippen molar-refractivity contribution in [1.29, 1.82) is 0 Å². The second kappa shape index (κ2) is 10.3. The van der Waals surface area contributed by atoms with Crippen molar-refractivity contribution in [3.05, 3.63) is 28.3 Å². The summed E-state index contributed by atoms with van der Waals surface area (Å²) in [4.78, 5) is 14.4. The molecule has 3 rings (SSSR count). The molecule has 176 valence electrons. The summed E-state index contributed by atoms with van der Waals surface area (Å²) in [6.07, 6.45) is 1.04. The Labute approximate surface area is 196 Å². The van der Waals surface area contributed by atoms with E-state index in [2.05, 4.69) is 33.4 Å². The van der Waals surface area contributed by atoms with Crippen LogP contribution in [0.4, 0.5) is 0 Å². The van der Waals surface area contributed by atoms with Crippen molar-refractivity contribution in [3.63, 3.8) is 0 Å². The number of phenols is 1. The van der Waals surface area contributed by atoms with Crippen molar-refractivity contribution < 1.29 is 19.4 Å². The second-order valence-electron chi connectivity index (χ2n) is 9.84. The highest BCUT2D eigenvalue weighted by Crippen LogP contribution is 2.36. The normalized spacial score (nSPS) is 22.6. The van der Waals surface area contributed by atoms with Crippen LogP contribution >= 0.6 is 24.2 Å². The predicted molar refractivity (Wildman–Crippen MR) is 128 cm³/mol. The zero-order chi connectivity index (χ0) is 23.6. The fourth-order valence-electron chi connectivity index (χ4n) is 3.71. The number of hydrogen-bond acceptors (Lipinski definition) is 6. The van der Waals surface area contributed by atoms with Crippen LogP contribution in [0.2, 0.25) is 5.02 Å². The van der Waals surface area contributed by atoms with Gasteiger partial charge in [0.2, 0.25) is 0 Å². The van der Waals surface area contributed by atoms with Crippen LogP contribution in [0, 0.1) is 12.8 Å². The van der Waals surface area contributed by atoms with Gasteiger partial charge in [0.05, 0.1) is 6.61 Å². The summed E-state index contributed by atoms with van der Waals surface area (Å²) >= 11 is 10.2. The molecule has 1 amide bonds. The standard InChI is InChI=1S/C19H27ClN2O4.C4H10S/c1-11-8-13(15(23)9-14(11)20)17(21)12-4-6-22(7-5-12)18(24)16-10-25-19(2,3)26-16;1-4(2,3)5/h8-9,12,16-17,23H,4-7,10,21H2,1-3H3;5H,1-3H3. The van der Waals surface area contributed by atoms with Crippen molar-refractivity contribution in [3.8, 4) is 5.75 Å². The van der Waals surface area contributed by atoms with E-state index < -0.39 is 11.9 Å². The summed E-state index contributed by atoms with van der Waals surface area (Å²) in [6.45, 7) is 13.2. The van der Waals surface area contributed by atoms with Crippen molar-refractivity contribution >= 4 is 30.1 Å². The fourth-order valence-corrected chi connectivity index (χ4v) is 3.86. The first kappa shape index (κ1) is 26.3. The van der Waals surface area contributed by atoms with Crippen LogP contribution in [0.3, 0.4) is 0 Å². The number of thiol groups is 1. The van der Waals surface area contributed by atoms with Gasteiger partial charge in [-0.25, -0.2) is 0 Å². The van der Waals surface area contributed by atoms with E-state index in [9.17, 15) is 9.90 Å². The van der Waals surface area contributed by atoms with Crippen LogP contribution in [0.1, 0.15) is 64.6 Å². The molecule has 2 heterocycles. The molecule has 2 saturated heterocycles. The smallest absolute Gasteiger partial charge is 0.254 e. The number of piperidine rings is 1. The number of aromatic hydroxyl groups is 1. The Morgan fingerprint density at radius 3 is 2.35 bits per heavy atom. The summed E-state index contributed by atoms with van der Waals surface area (Å²) in [5.74, 6) is -0.397. The summed E-state index contributed by atoms with van der Waals surface area (Å²) in [5.41, 5.74) is 8.02.